The fraction of sp³-hybridized carbons (Fsp3) is 0.471. The second-order valence-electron chi connectivity index (χ2n) is 6.23. The molecule has 1 fully saturated rings. The van der Waals surface area contributed by atoms with Gasteiger partial charge in [-0.3, -0.25) is 9.48 Å². The first-order valence-corrected chi connectivity index (χ1v) is 8.85. The summed E-state index contributed by atoms with van der Waals surface area (Å²) >= 11 is 5.73. The monoisotopic (exact) mass is 365 g/mol. The first-order chi connectivity index (χ1) is 12.1. The molecule has 1 aliphatic heterocycles. The van der Waals surface area contributed by atoms with E-state index in [-0.39, 0.29) is 23.2 Å². The molecule has 2 N–H and O–H groups in total. The molecule has 25 heavy (non-hydrogen) atoms. The van der Waals surface area contributed by atoms with Crippen LogP contribution in [0.4, 0.5) is 4.39 Å². The lowest BCUT2D eigenvalue weighted by atomic mass is 10.0. The smallest absolute Gasteiger partial charge is 0.273 e. The van der Waals surface area contributed by atoms with E-state index in [9.17, 15) is 9.18 Å². The topological polar surface area (TPSA) is 71.8 Å². The summed E-state index contributed by atoms with van der Waals surface area (Å²) in [6.45, 7) is 2.05. The van der Waals surface area contributed by atoms with Gasteiger partial charge in [0.25, 0.3) is 5.91 Å². The van der Waals surface area contributed by atoms with E-state index in [4.69, 9.17) is 11.6 Å². The fourth-order valence-corrected chi connectivity index (χ4v) is 3.10. The van der Waals surface area contributed by atoms with Gasteiger partial charge < -0.3 is 10.6 Å². The average Bonchev–Trinajstić information content (AvgIpc) is 3.11. The fourth-order valence-electron chi connectivity index (χ4n) is 2.89. The number of amides is 1. The van der Waals surface area contributed by atoms with Crippen LogP contribution in [0.3, 0.4) is 0 Å². The Hall–Kier alpha value is -1.99. The van der Waals surface area contributed by atoms with E-state index >= 15 is 0 Å². The number of rotatable bonds is 6. The van der Waals surface area contributed by atoms with E-state index in [1.807, 2.05) is 0 Å². The van der Waals surface area contributed by atoms with E-state index in [1.54, 1.807) is 16.9 Å². The van der Waals surface area contributed by atoms with Crippen molar-refractivity contribution in [2.75, 3.05) is 6.54 Å². The normalized spacial score (nSPS) is 17.4. The summed E-state index contributed by atoms with van der Waals surface area (Å²) in [4.78, 5) is 12.1. The third-order valence-electron chi connectivity index (χ3n) is 4.33. The maximum atomic E-state index is 13.1. The lowest BCUT2D eigenvalue weighted by Gasteiger charge is -2.23. The van der Waals surface area contributed by atoms with E-state index < -0.39 is 5.82 Å². The van der Waals surface area contributed by atoms with Crippen molar-refractivity contribution in [2.45, 2.75) is 44.8 Å². The van der Waals surface area contributed by atoms with Crippen LogP contribution in [-0.2, 0) is 13.1 Å². The van der Waals surface area contributed by atoms with Gasteiger partial charge in [-0.1, -0.05) is 29.3 Å². The van der Waals surface area contributed by atoms with E-state index in [0.29, 0.717) is 6.04 Å². The lowest BCUT2D eigenvalue weighted by molar-refractivity contribution is 0.0946. The molecule has 3 rings (SSSR count). The minimum absolute atomic E-state index is 0.0361. The quantitative estimate of drug-likeness (QED) is 0.825. The van der Waals surface area contributed by atoms with Crippen LogP contribution >= 0.6 is 11.6 Å². The number of carbonyl (C=O) groups excluding carboxylic acids is 1. The zero-order valence-corrected chi connectivity index (χ0v) is 14.6. The third kappa shape index (κ3) is 4.99. The molecule has 0 aliphatic carbocycles. The van der Waals surface area contributed by atoms with Gasteiger partial charge in [0.2, 0.25) is 0 Å². The van der Waals surface area contributed by atoms with Crippen LogP contribution in [-0.4, -0.2) is 33.5 Å². The van der Waals surface area contributed by atoms with Crippen molar-refractivity contribution in [1.82, 2.24) is 25.6 Å². The van der Waals surface area contributed by atoms with Gasteiger partial charge in [0.1, 0.15) is 5.82 Å². The molecule has 0 saturated carbocycles. The van der Waals surface area contributed by atoms with E-state index in [2.05, 4.69) is 20.9 Å². The summed E-state index contributed by atoms with van der Waals surface area (Å²) in [5.41, 5.74) is 0.986. The van der Waals surface area contributed by atoms with Crippen LogP contribution in [0.5, 0.6) is 0 Å². The summed E-state index contributed by atoms with van der Waals surface area (Å²) in [5.74, 6) is -0.797. The van der Waals surface area contributed by atoms with Crippen LogP contribution in [0.15, 0.2) is 24.4 Å². The first kappa shape index (κ1) is 17.8. The van der Waals surface area contributed by atoms with Crippen molar-refractivity contribution in [2.24, 2.45) is 0 Å². The largest absolute Gasteiger partial charge is 0.347 e. The number of aryl methyl sites for hydroxylation is 1. The van der Waals surface area contributed by atoms with Crippen LogP contribution in [0, 0.1) is 5.82 Å². The third-order valence-corrected chi connectivity index (χ3v) is 4.62. The van der Waals surface area contributed by atoms with Crippen LogP contribution in [0.25, 0.3) is 0 Å². The summed E-state index contributed by atoms with van der Waals surface area (Å²) in [7, 11) is 0. The highest BCUT2D eigenvalue weighted by atomic mass is 35.5. The zero-order valence-electron chi connectivity index (χ0n) is 13.8. The molecule has 1 atom stereocenters. The Balaban J connectivity index is 1.49. The molecule has 0 bridgehead atoms. The molecule has 0 spiro atoms. The number of carbonyl (C=O) groups is 1. The van der Waals surface area contributed by atoms with Gasteiger partial charge in [-0.05, 0) is 43.5 Å². The summed E-state index contributed by atoms with van der Waals surface area (Å²) in [6, 6.07) is 4.86. The maximum absolute atomic E-state index is 13.1. The maximum Gasteiger partial charge on any atom is 0.273 e. The van der Waals surface area contributed by atoms with Crippen molar-refractivity contribution in [3.8, 4) is 0 Å². The predicted octanol–water partition coefficient (Wildman–Crippen LogP) is 2.53. The second-order valence-corrected chi connectivity index (χ2v) is 6.64. The number of benzene rings is 1. The van der Waals surface area contributed by atoms with Crippen molar-refractivity contribution >= 4 is 17.5 Å². The van der Waals surface area contributed by atoms with Crippen LogP contribution in [0.2, 0.25) is 5.02 Å². The number of aromatic nitrogens is 3. The van der Waals surface area contributed by atoms with Crippen molar-refractivity contribution in [1.29, 1.82) is 0 Å². The van der Waals surface area contributed by atoms with Crippen LogP contribution in [0.1, 0.15) is 41.7 Å². The average molecular weight is 366 g/mol. The van der Waals surface area contributed by atoms with Gasteiger partial charge >= 0.3 is 0 Å². The Labute approximate surface area is 150 Å². The minimum atomic E-state index is -0.479. The highest BCUT2D eigenvalue weighted by Gasteiger charge is 2.14. The molecular weight excluding hydrogens is 345 g/mol. The molecule has 1 aliphatic rings. The first-order valence-electron chi connectivity index (χ1n) is 8.47. The molecule has 1 saturated heterocycles. The minimum Gasteiger partial charge on any atom is -0.347 e. The highest BCUT2D eigenvalue weighted by molar-refractivity contribution is 6.30. The van der Waals surface area contributed by atoms with E-state index in [0.717, 1.165) is 25.1 Å². The Kier molecular flexibility index (Phi) is 5.99. The number of nitrogens with one attached hydrogen (secondary N) is 2. The van der Waals surface area contributed by atoms with Gasteiger partial charge in [-0.2, -0.15) is 0 Å². The van der Waals surface area contributed by atoms with Gasteiger partial charge in [0.15, 0.2) is 5.69 Å². The zero-order chi connectivity index (χ0) is 17.6. The van der Waals surface area contributed by atoms with Crippen molar-refractivity contribution < 1.29 is 9.18 Å². The Bertz CT molecular complexity index is 730. The summed E-state index contributed by atoms with van der Waals surface area (Å²) in [6.07, 6.45) is 6.30. The molecule has 2 aromatic rings. The molecule has 1 unspecified atom stereocenters. The van der Waals surface area contributed by atoms with Gasteiger partial charge in [0, 0.05) is 19.1 Å². The number of halogens is 2. The Morgan fingerprint density at radius 3 is 3.08 bits per heavy atom. The lowest BCUT2D eigenvalue weighted by Crippen LogP contribution is -2.34. The van der Waals surface area contributed by atoms with Gasteiger partial charge in [-0.15, -0.1) is 5.10 Å². The molecule has 1 aromatic heterocycles. The number of nitrogens with zero attached hydrogens (tertiary/aromatic N) is 3. The number of piperidine rings is 1. The number of hydrogen-bond acceptors (Lipinski definition) is 4. The molecule has 1 aromatic carbocycles. The molecule has 134 valence electrons. The molecule has 0 radical (unpaired) electrons. The molecule has 2 heterocycles. The number of hydrogen-bond donors (Lipinski definition) is 2. The van der Waals surface area contributed by atoms with Crippen LogP contribution < -0.4 is 10.6 Å². The Morgan fingerprint density at radius 1 is 1.44 bits per heavy atom. The SMILES string of the molecule is O=C(NCc1ccc(F)c(Cl)c1)c1cn(CCC2CCCCN2)nn1. The van der Waals surface area contributed by atoms with Crippen molar-refractivity contribution in [3.63, 3.8) is 0 Å². The summed E-state index contributed by atoms with van der Waals surface area (Å²) in [5, 5.41) is 14.2. The Morgan fingerprint density at radius 2 is 2.32 bits per heavy atom. The molecular formula is C17H21ClFN5O. The molecule has 6 nitrogen and oxygen atoms in total. The molecule has 8 heteroatoms. The van der Waals surface area contributed by atoms with Gasteiger partial charge in [0.05, 0.1) is 11.2 Å². The molecule has 1 amide bonds. The highest BCUT2D eigenvalue weighted by Crippen LogP contribution is 2.16. The van der Waals surface area contributed by atoms with E-state index in [1.165, 1.54) is 31.4 Å². The van der Waals surface area contributed by atoms with Crippen molar-refractivity contribution in [3.05, 3.63) is 46.5 Å². The summed E-state index contributed by atoms with van der Waals surface area (Å²) < 4.78 is 14.8. The standard InChI is InChI=1S/C17H21ClFN5O/c18-14-9-12(4-5-15(14)19)10-21-17(25)16-11-24(23-22-16)8-6-13-3-1-2-7-20-13/h4-5,9,11,13,20H,1-3,6-8,10H2,(H,21,25). The second kappa shape index (κ2) is 8.40. The predicted molar refractivity (Wildman–Crippen MR) is 92.9 cm³/mol. The van der Waals surface area contributed by atoms with Gasteiger partial charge in [-0.25, -0.2) is 4.39 Å².